The zero-order chi connectivity index (χ0) is 13.4. The van der Waals surface area contributed by atoms with Gasteiger partial charge in [0.2, 0.25) is 0 Å². The van der Waals surface area contributed by atoms with E-state index in [-0.39, 0.29) is 31.4 Å². The number of nitrogens with zero attached hydrogens (tertiary/aromatic N) is 2. The van der Waals surface area contributed by atoms with Gasteiger partial charge in [0.15, 0.2) is 0 Å². The first-order chi connectivity index (χ1) is 8.70. The van der Waals surface area contributed by atoms with Crippen LogP contribution in [0.2, 0.25) is 0 Å². The van der Waals surface area contributed by atoms with Gasteiger partial charge in [-0.2, -0.15) is 0 Å². The Morgan fingerprint density at radius 2 is 2.22 bits per heavy atom. The molecule has 5 heteroatoms. The normalized spacial score (nSPS) is 9.50. The summed E-state index contributed by atoms with van der Waals surface area (Å²) in [5, 5.41) is 17.5. The van der Waals surface area contributed by atoms with Crippen LogP contribution >= 0.6 is 0 Å². The third-order valence-electron chi connectivity index (χ3n) is 2.25. The van der Waals surface area contributed by atoms with E-state index < -0.39 is 0 Å². The van der Waals surface area contributed by atoms with E-state index >= 15 is 0 Å². The van der Waals surface area contributed by atoms with Gasteiger partial charge in [-0.15, -0.1) is 0 Å². The van der Waals surface area contributed by atoms with Gasteiger partial charge in [0.25, 0.3) is 5.91 Å². The molecule has 0 fully saturated rings. The van der Waals surface area contributed by atoms with Crippen LogP contribution in [0.5, 0.6) is 0 Å². The largest absolute Gasteiger partial charge is 0.395 e. The molecule has 1 aromatic rings. The molecule has 18 heavy (non-hydrogen) atoms. The highest BCUT2D eigenvalue weighted by molar-refractivity contribution is 5.94. The molecule has 1 aromatic heterocycles. The Balaban J connectivity index is 2.95. The highest BCUT2D eigenvalue weighted by Gasteiger charge is 2.15. The van der Waals surface area contributed by atoms with Crippen LogP contribution in [0.3, 0.4) is 0 Å². The van der Waals surface area contributed by atoms with Crippen LogP contribution in [0.4, 0.5) is 0 Å². The summed E-state index contributed by atoms with van der Waals surface area (Å²) < 4.78 is 0. The van der Waals surface area contributed by atoms with Crippen LogP contribution in [0, 0.1) is 11.8 Å². The number of pyridine rings is 1. The lowest BCUT2D eigenvalue weighted by molar-refractivity contribution is 0.0761. The summed E-state index contributed by atoms with van der Waals surface area (Å²) in [6.45, 7) is 0.139. The first-order valence-corrected chi connectivity index (χ1v) is 5.61. The Morgan fingerprint density at radius 3 is 2.89 bits per heavy atom. The molecule has 1 heterocycles. The third-order valence-corrected chi connectivity index (χ3v) is 2.25. The number of rotatable bonds is 4. The summed E-state index contributed by atoms with van der Waals surface area (Å²) in [6.07, 6.45) is 1.88. The van der Waals surface area contributed by atoms with Crippen molar-refractivity contribution < 1.29 is 15.0 Å². The zero-order valence-corrected chi connectivity index (χ0v) is 10.3. The topological polar surface area (TPSA) is 73.7 Å². The Morgan fingerprint density at radius 1 is 1.44 bits per heavy atom. The van der Waals surface area contributed by atoms with Crippen LogP contribution in [0.25, 0.3) is 0 Å². The van der Waals surface area contributed by atoms with Crippen LogP contribution in [0.1, 0.15) is 22.5 Å². The zero-order valence-electron chi connectivity index (χ0n) is 10.3. The minimum absolute atomic E-state index is 0.0129. The van der Waals surface area contributed by atoms with Gasteiger partial charge in [-0.1, -0.05) is 11.8 Å². The molecule has 0 radical (unpaired) electrons. The fraction of sp³-hybridized carbons (Fsp3) is 0.385. The van der Waals surface area contributed by atoms with Gasteiger partial charge in [-0.25, -0.2) is 4.98 Å². The SMILES string of the molecule is CN(CCO)C(=O)c1ncccc1C#CCCO. The lowest BCUT2D eigenvalue weighted by Crippen LogP contribution is -2.30. The Bertz CT molecular complexity index is 463. The number of aliphatic hydroxyl groups is 2. The van der Waals surface area contributed by atoms with Crippen molar-refractivity contribution in [2.24, 2.45) is 0 Å². The van der Waals surface area contributed by atoms with Crippen LogP contribution in [-0.4, -0.2) is 52.8 Å². The summed E-state index contributed by atoms with van der Waals surface area (Å²) in [5.74, 6) is 5.29. The van der Waals surface area contributed by atoms with E-state index in [1.807, 2.05) is 0 Å². The van der Waals surface area contributed by atoms with Crippen molar-refractivity contribution in [1.82, 2.24) is 9.88 Å². The van der Waals surface area contributed by atoms with Crippen LogP contribution in [-0.2, 0) is 0 Å². The van der Waals surface area contributed by atoms with Gasteiger partial charge in [0.1, 0.15) is 5.69 Å². The summed E-state index contributed by atoms with van der Waals surface area (Å²) in [6, 6.07) is 3.41. The molecule has 0 aliphatic rings. The number of amides is 1. The van der Waals surface area contributed by atoms with E-state index in [0.717, 1.165) is 0 Å². The minimum atomic E-state index is -0.280. The average Bonchev–Trinajstić information content (AvgIpc) is 2.39. The standard InChI is InChI=1S/C13H16N2O3/c1-15(8-10-17)13(18)12-11(5-2-3-9-16)6-4-7-14-12/h4,6-7,16-17H,3,8-10H2,1H3. The number of aromatic nitrogens is 1. The Hall–Kier alpha value is -1.90. The predicted octanol–water partition coefficient (Wildman–Crippen LogP) is -0.120. The molecule has 0 saturated carbocycles. The lowest BCUT2D eigenvalue weighted by atomic mass is 10.1. The average molecular weight is 248 g/mol. The molecule has 0 aliphatic carbocycles. The van der Waals surface area contributed by atoms with E-state index in [1.165, 1.54) is 11.1 Å². The molecular weight excluding hydrogens is 232 g/mol. The summed E-state index contributed by atoms with van der Waals surface area (Å²) in [4.78, 5) is 17.4. The lowest BCUT2D eigenvalue weighted by Gasteiger charge is -2.15. The van der Waals surface area contributed by atoms with E-state index in [1.54, 1.807) is 19.2 Å². The number of hydrogen-bond donors (Lipinski definition) is 2. The maximum atomic E-state index is 12.0. The molecule has 0 saturated heterocycles. The van der Waals surface area contributed by atoms with Gasteiger partial charge < -0.3 is 15.1 Å². The van der Waals surface area contributed by atoms with Gasteiger partial charge in [0.05, 0.1) is 18.8 Å². The smallest absolute Gasteiger partial charge is 0.273 e. The molecule has 5 nitrogen and oxygen atoms in total. The second kappa shape index (κ2) is 7.43. The number of carbonyl (C=O) groups is 1. The monoisotopic (exact) mass is 248 g/mol. The fourth-order valence-electron chi connectivity index (χ4n) is 1.32. The van der Waals surface area contributed by atoms with E-state index in [4.69, 9.17) is 10.2 Å². The van der Waals surface area contributed by atoms with Crippen molar-refractivity contribution in [1.29, 1.82) is 0 Å². The molecular formula is C13H16N2O3. The van der Waals surface area contributed by atoms with Crippen molar-refractivity contribution in [2.75, 3.05) is 26.8 Å². The van der Waals surface area contributed by atoms with E-state index in [9.17, 15) is 4.79 Å². The Labute approximate surface area is 106 Å². The van der Waals surface area contributed by atoms with Crippen molar-refractivity contribution in [2.45, 2.75) is 6.42 Å². The molecule has 2 N–H and O–H groups in total. The van der Waals surface area contributed by atoms with Gasteiger partial charge in [-0.3, -0.25) is 4.79 Å². The van der Waals surface area contributed by atoms with Gasteiger partial charge in [-0.05, 0) is 12.1 Å². The maximum absolute atomic E-state index is 12.0. The quantitative estimate of drug-likeness (QED) is 0.729. The molecule has 0 aromatic carbocycles. The van der Waals surface area contributed by atoms with Crippen LogP contribution in [0.15, 0.2) is 18.3 Å². The first-order valence-electron chi connectivity index (χ1n) is 5.61. The second-order valence-corrected chi connectivity index (χ2v) is 3.63. The summed E-state index contributed by atoms with van der Waals surface area (Å²) >= 11 is 0. The van der Waals surface area contributed by atoms with Gasteiger partial charge >= 0.3 is 0 Å². The maximum Gasteiger partial charge on any atom is 0.273 e. The molecule has 0 aliphatic heterocycles. The van der Waals surface area contributed by atoms with Crippen LogP contribution < -0.4 is 0 Å². The highest BCUT2D eigenvalue weighted by Crippen LogP contribution is 2.06. The predicted molar refractivity (Wildman–Crippen MR) is 66.9 cm³/mol. The van der Waals surface area contributed by atoms with Crippen molar-refractivity contribution in [3.63, 3.8) is 0 Å². The van der Waals surface area contributed by atoms with Crippen molar-refractivity contribution in [3.05, 3.63) is 29.6 Å². The molecule has 1 amide bonds. The summed E-state index contributed by atoms with van der Waals surface area (Å²) in [5.41, 5.74) is 0.791. The highest BCUT2D eigenvalue weighted by atomic mass is 16.3. The van der Waals surface area contributed by atoms with Crippen molar-refractivity contribution in [3.8, 4) is 11.8 Å². The molecule has 1 rings (SSSR count). The molecule has 0 unspecified atom stereocenters. The number of likely N-dealkylation sites (N-methyl/N-ethyl adjacent to an activating group) is 1. The summed E-state index contributed by atoms with van der Waals surface area (Å²) in [7, 11) is 1.60. The number of aliphatic hydroxyl groups excluding tert-OH is 2. The van der Waals surface area contributed by atoms with E-state index in [2.05, 4.69) is 16.8 Å². The van der Waals surface area contributed by atoms with Gasteiger partial charge in [0, 0.05) is 26.2 Å². The third kappa shape index (κ3) is 3.84. The molecule has 0 spiro atoms. The van der Waals surface area contributed by atoms with E-state index in [0.29, 0.717) is 12.0 Å². The number of hydrogen-bond acceptors (Lipinski definition) is 4. The number of carbonyl (C=O) groups excluding carboxylic acids is 1. The molecule has 96 valence electrons. The minimum Gasteiger partial charge on any atom is -0.395 e. The second-order valence-electron chi connectivity index (χ2n) is 3.63. The Kier molecular flexibility index (Phi) is 5.85. The fourth-order valence-corrected chi connectivity index (χ4v) is 1.32. The molecule has 0 bridgehead atoms. The van der Waals surface area contributed by atoms with Crippen molar-refractivity contribution >= 4 is 5.91 Å². The molecule has 0 atom stereocenters. The first kappa shape index (κ1) is 14.2.